The molecule has 0 atom stereocenters. The first-order chi connectivity index (χ1) is 16.4. The van der Waals surface area contributed by atoms with Gasteiger partial charge in [0.25, 0.3) is 11.8 Å². The van der Waals surface area contributed by atoms with Gasteiger partial charge in [-0.05, 0) is 22.3 Å². The zero-order chi connectivity index (χ0) is 24.0. The fraction of sp³-hybridized carbons (Fsp3) is 0.240. The second-order valence-electron chi connectivity index (χ2n) is 8.36. The van der Waals surface area contributed by atoms with Crippen LogP contribution in [-0.4, -0.2) is 60.5 Å². The van der Waals surface area contributed by atoms with Gasteiger partial charge in [0, 0.05) is 26.9 Å². The molecule has 3 aromatic rings. The molecule has 9 heteroatoms. The molecule has 2 amide bonds. The number of rotatable bonds is 5. The molecule has 0 saturated heterocycles. The molecule has 0 saturated carbocycles. The van der Waals surface area contributed by atoms with Crippen LogP contribution in [0.15, 0.2) is 59.5 Å². The van der Waals surface area contributed by atoms with Gasteiger partial charge in [0.2, 0.25) is 5.43 Å². The Bertz CT molecular complexity index is 1320. The number of carbonyl (C=O) groups excluding carboxylic acids is 2. The van der Waals surface area contributed by atoms with E-state index < -0.39 is 29.0 Å². The lowest BCUT2D eigenvalue weighted by molar-refractivity contribution is 0.0629. The van der Waals surface area contributed by atoms with Crippen LogP contribution >= 0.6 is 0 Å². The van der Waals surface area contributed by atoms with E-state index in [1.807, 2.05) is 48.5 Å². The third kappa shape index (κ3) is 3.32. The largest absolute Gasteiger partial charge is 0.502 e. The van der Waals surface area contributed by atoms with Crippen LogP contribution in [0.1, 0.15) is 38.0 Å². The Morgan fingerprint density at radius 2 is 1.71 bits per heavy atom. The maximum Gasteiger partial charge on any atom is 0.277 e. The number of methoxy groups -OCH3 is 1. The van der Waals surface area contributed by atoms with E-state index in [9.17, 15) is 19.5 Å². The summed E-state index contributed by atoms with van der Waals surface area (Å²) in [5.41, 5.74) is 2.60. The fourth-order valence-electron chi connectivity index (χ4n) is 4.64. The number of ether oxygens (including phenoxy) is 1. The van der Waals surface area contributed by atoms with Gasteiger partial charge in [-0.1, -0.05) is 48.5 Å². The summed E-state index contributed by atoms with van der Waals surface area (Å²) in [6.45, 7) is 0.827. The van der Waals surface area contributed by atoms with Gasteiger partial charge in [0.05, 0.1) is 12.6 Å². The minimum atomic E-state index is -0.890. The molecule has 2 N–H and O–H groups in total. The Hall–Kier alpha value is -4.11. The van der Waals surface area contributed by atoms with Crippen molar-refractivity contribution in [3.05, 3.63) is 87.3 Å². The van der Waals surface area contributed by atoms with Crippen LogP contribution in [0, 0.1) is 0 Å². The van der Waals surface area contributed by atoms with E-state index in [1.165, 1.54) is 22.9 Å². The Morgan fingerprint density at radius 1 is 1.09 bits per heavy atom. The predicted molar refractivity (Wildman–Crippen MR) is 125 cm³/mol. The SMILES string of the molecule is COCCN1CN(C)n2cc(C(=O)NC3c4ccccc4-c4ccccc43)c(=O)c(O)c2C1=O. The lowest BCUT2D eigenvalue weighted by atomic mass is 10.0. The number of fused-ring (bicyclic) bond motifs is 4. The fourth-order valence-corrected chi connectivity index (χ4v) is 4.64. The zero-order valence-electron chi connectivity index (χ0n) is 18.8. The third-order valence-corrected chi connectivity index (χ3v) is 6.32. The molecule has 2 heterocycles. The number of aromatic nitrogens is 1. The van der Waals surface area contributed by atoms with Crippen LogP contribution in [0.2, 0.25) is 0 Å². The van der Waals surface area contributed by atoms with Gasteiger partial charge < -0.3 is 20.1 Å². The van der Waals surface area contributed by atoms with E-state index in [2.05, 4.69) is 5.32 Å². The van der Waals surface area contributed by atoms with Gasteiger partial charge in [-0.2, -0.15) is 0 Å². The van der Waals surface area contributed by atoms with E-state index in [-0.39, 0.29) is 17.9 Å². The highest BCUT2D eigenvalue weighted by atomic mass is 16.5. The number of pyridine rings is 1. The van der Waals surface area contributed by atoms with Crippen molar-refractivity contribution in [3.63, 3.8) is 0 Å². The van der Waals surface area contributed by atoms with Gasteiger partial charge in [0.1, 0.15) is 12.2 Å². The van der Waals surface area contributed by atoms with E-state index in [0.29, 0.717) is 13.2 Å². The molecule has 1 aromatic heterocycles. The second-order valence-corrected chi connectivity index (χ2v) is 8.36. The summed E-state index contributed by atoms with van der Waals surface area (Å²) in [4.78, 5) is 40.7. The Kier molecular flexibility index (Phi) is 5.33. The van der Waals surface area contributed by atoms with Crippen LogP contribution in [0.4, 0.5) is 0 Å². The number of nitrogens with one attached hydrogen (secondary N) is 1. The average molecular weight is 460 g/mol. The summed E-state index contributed by atoms with van der Waals surface area (Å²) in [5, 5.41) is 15.3. The third-order valence-electron chi connectivity index (χ3n) is 6.32. The number of hydrogen-bond donors (Lipinski definition) is 2. The maximum absolute atomic E-state index is 13.3. The topological polar surface area (TPSA) is 104 Å². The standard InChI is InChI=1S/C25H24N4O5/c1-27-14-28(11-12-34-2)25(33)21-23(31)22(30)19(13-29(21)27)24(32)26-20-17-9-5-3-7-15(17)16-8-4-6-10-18(16)20/h3-10,13,20,31H,11-12,14H2,1-2H3,(H,26,32). The van der Waals surface area contributed by atoms with E-state index in [1.54, 1.807) is 12.1 Å². The molecule has 34 heavy (non-hydrogen) atoms. The molecule has 0 fully saturated rings. The number of amides is 2. The first-order valence-electron chi connectivity index (χ1n) is 10.9. The number of nitrogens with zero attached hydrogens (tertiary/aromatic N) is 3. The summed E-state index contributed by atoms with van der Waals surface area (Å²) in [6, 6.07) is 15.1. The van der Waals surface area contributed by atoms with Crippen LogP contribution in [-0.2, 0) is 4.74 Å². The van der Waals surface area contributed by atoms with Crippen molar-refractivity contribution in [2.24, 2.45) is 0 Å². The summed E-state index contributed by atoms with van der Waals surface area (Å²) < 4.78 is 6.39. The Morgan fingerprint density at radius 3 is 2.32 bits per heavy atom. The van der Waals surface area contributed by atoms with Gasteiger partial charge in [0.15, 0.2) is 11.4 Å². The average Bonchev–Trinajstić information content (AvgIpc) is 3.15. The molecular weight excluding hydrogens is 436 g/mol. The number of hydrogen-bond acceptors (Lipinski definition) is 6. The van der Waals surface area contributed by atoms with Crippen LogP contribution in [0.25, 0.3) is 11.1 Å². The second kappa shape index (κ2) is 8.35. The van der Waals surface area contributed by atoms with Crippen molar-refractivity contribution in [2.45, 2.75) is 6.04 Å². The molecule has 9 nitrogen and oxygen atoms in total. The van der Waals surface area contributed by atoms with Crippen molar-refractivity contribution in [1.29, 1.82) is 0 Å². The van der Waals surface area contributed by atoms with Gasteiger partial charge >= 0.3 is 0 Å². The van der Waals surface area contributed by atoms with E-state index >= 15 is 0 Å². The highest BCUT2D eigenvalue weighted by molar-refractivity contribution is 6.00. The molecule has 5 rings (SSSR count). The maximum atomic E-state index is 13.3. The predicted octanol–water partition coefficient (Wildman–Crippen LogP) is 1.68. The first kappa shape index (κ1) is 21.7. The lowest BCUT2D eigenvalue weighted by Gasteiger charge is -2.37. The van der Waals surface area contributed by atoms with Gasteiger partial charge in [-0.3, -0.25) is 24.1 Å². The molecule has 0 bridgehead atoms. The molecule has 2 aromatic carbocycles. The van der Waals surface area contributed by atoms with E-state index in [4.69, 9.17) is 4.74 Å². The highest BCUT2D eigenvalue weighted by Gasteiger charge is 2.34. The normalized spacial score (nSPS) is 14.6. The molecule has 2 aliphatic rings. The van der Waals surface area contributed by atoms with Crippen molar-refractivity contribution < 1.29 is 19.4 Å². The quantitative estimate of drug-likeness (QED) is 0.601. The molecule has 1 aliphatic heterocycles. The molecule has 174 valence electrons. The van der Waals surface area contributed by atoms with Crippen LogP contribution in [0.5, 0.6) is 5.75 Å². The van der Waals surface area contributed by atoms with Crippen molar-refractivity contribution >= 4 is 11.8 Å². The number of carbonyl (C=O) groups is 2. The first-order valence-corrected chi connectivity index (χ1v) is 10.9. The lowest BCUT2D eigenvalue weighted by Crippen LogP contribution is -2.53. The summed E-state index contributed by atoms with van der Waals surface area (Å²) in [6.07, 6.45) is 1.31. The highest BCUT2D eigenvalue weighted by Crippen LogP contribution is 2.43. The Labute approximate surface area is 195 Å². The van der Waals surface area contributed by atoms with E-state index in [0.717, 1.165) is 22.3 Å². The minimum Gasteiger partial charge on any atom is -0.502 e. The summed E-state index contributed by atoms with van der Waals surface area (Å²) in [5.74, 6) is -1.89. The number of aromatic hydroxyl groups is 1. The zero-order valence-corrected chi connectivity index (χ0v) is 18.8. The van der Waals surface area contributed by atoms with Crippen molar-refractivity contribution in [2.75, 3.05) is 39.0 Å². The summed E-state index contributed by atoms with van der Waals surface area (Å²) in [7, 11) is 3.23. The number of benzene rings is 2. The molecule has 0 spiro atoms. The van der Waals surface area contributed by atoms with Crippen LogP contribution in [0.3, 0.4) is 0 Å². The monoisotopic (exact) mass is 460 g/mol. The molecule has 0 radical (unpaired) electrons. The van der Waals surface area contributed by atoms with Crippen LogP contribution < -0.4 is 15.8 Å². The minimum absolute atomic E-state index is 0.178. The van der Waals surface area contributed by atoms with Gasteiger partial charge in [-0.25, -0.2) is 0 Å². The molecular formula is C25H24N4O5. The van der Waals surface area contributed by atoms with Gasteiger partial charge in [-0.15, -0.1) is 0 Å². The Balaban J connectivity index is 1.51. The van der Waals surface area contributed by atoms with Crippen molar-refractivity contribution in [3.8, 4) is 16.9 Å². The smallest absolute Gasteiger partial charge is 0.277 e. The molecule has 1 aliphatic carbocycles. The summed E-state index contributed by atoms with van der Waals surface area (Å²) >= 11 is 0. The van der Waals surface area contributed by atoms with Crippen molar-refractivity contribution in [1.82, 2.24) is 14.9 Å². The molecule has 0 unspecified atom stereocenters.